The number of halogens is 2. The van der Waals surface area contributed by atoms with Gasteiger partial charge < -0.3 is 10.8 Å². The van der Waals surface area contributed by atoms with Crippen LogP contribution < -0.4 is 5.73 Å². The van der Waals surface area contributed by atoms with Crippen molar-refractivity contribution in [2.75, 3.05) is 0 Å². The van der Waals surface area contributed by atoms with E-state index in [-0.39, 0.29) is 23.0 Å². The van der Waals surface area contributed by atoms with Gasteiger partial charge in [0, 0.05) is 16.5 Å². The number of amides is 1. The maximum absolute atomic E-state index is 14.0. The number of primary amides is 1. The summed E-state index contributed by atoms with van der Waals surface area (Å²) in [4.78, 5) is 11.4. The van der Waals surface area contributed by atoms with Gasteiger partial charge in [-0.25, -0.2) is 4.39 Å². The van der Waals surface area contributed by atoms with Gasteiger partial charge in [-0.2, -0.15) is 0 Å². The molecular formula is C17H15ClFNO2. The first-order valence-corrected chi connectivity index (χ1v) is 7.38. The summed E-state index contributed by atoms with van der Waals surface area (Å²) in [5, 5.41) is 10.8. The molecule has 0 fully saturated rings. The lowest BCUT2D eigenvalue weighted by molar-refractivity contribution is 0.0997. The van der Waals surface area contributed by atoms with Crippen LogP contribution in [0.15, 0.2) is 24.3 Å². The quantitative estimate of drug-likeness (QED) is 0.887. The van der Waals surface area contributed by atoms with Gasteiger partial charge >= 0.3 is 0 Å². The van der Waals surface area contributed by atoms with Crippen molar-refractivity contribution in [2.45, 2.75) is 25.7 Å². The van der Waals surface area contributed by atoms with Gasteiger partial charge in [0.2, 0.25) is 0 Å². The van der Waals surface area contributed by atoms with E-state index in [0.717, 1.165) is 11.1 Å². The summed E-state index contributed by atoms with van der Waals surface area (Å²) >= 11 is 5.97. The topological polar surface area (TPSA) is 63.3 Å². The number of fused-ring (bicyclic) bond motifs is 1. The molecule has 0 radical (unpaired) electrons. The van der Waals surface area contributed by atoms with Crippen LogP contribution in [0.3, 0.4) is 0 Å². The number of aryl methyl sites for hydroxylation is 1. The van der Waals surface area contributed by atoms with E-state index in [1.54, 1.807) is 12.1 Å². The van der Waals surface area contributed by atoms with Crippen LogP contribution in [0.1, 0.15) is 45.0 Å². The average molecular weight is 320 g/mol. The lowest BCUT2D eigenvalue weighted by atomic mass is 9.87. The summed E-state index contributed by atoms with van der Waals surface area (Å²) in [6, 6.07) is 6.28. The molecule has 3 rings (SSSR count). The Balaban J connectivity index is 2.20. The van der Waals surface area contributed by atoms with Crippen molar-refractivity contribution in [3.63, 3.8) is 0 Å². The van der Waals surface area contributed by atoms with Gasteiger partial charge in [0.25, 0.3) is 5.91 Å². The van der Waals surface area contributed by atoms with Crippen molar-refractivity contribution < 1.29 is 14.3 Å². The Hall–Kier alpha value is -2.07. The third kappa shape index (κ3) is 2.24. The molecule has 0 aromatic heterocycles. The van der Waals surface area contributed by atoms with Crippen LogP contribution >= 0.6 is 11.6 Å². The number of carbonyl (C=O) groups is 1. The predicted octanol–water partition coefficient (Wildman–Crippen LogP) is 3.67. The molecule has 114 valence electrons. The molecule has 5 heteroatoms. The molecule has 1 atom stereocenters. The number of rotatable bonds is 2. The molecule has 0 aliphatic heterocycles. The number of phenols is 1. The molecule has 1 aliphatic rings. The summed E-state index contributed by atoms with van der Waals surface area (Å²) in [7, 11) is 0. The van der Waals surface area contributed by atoms with Crippen LogP contribution in [0.25, 0.3) is 0 Å². The van der Waals surface area contributed by atoms with Crippen molar-refractivity contribution in [1.29, 1.82) is 0 Å². The lowest BCUT2D eigenvalue weighted by Crippen LogP contribution is -2.13. The second-order valence-electron chi connectivity index (χ2n) is 5.60. The Labute approximate surface area is 132 Å². The molecule has 3 N–H and O–H groups in total. The van der Waals surface area contributed by atoms with Gasteiger partial charge in [-0.05, 0) is 54.7 Å². The number of hydrogen-bond acceptors (Lipinski definition) is 2. The minimum absolute atomic E-state index is 0.0801. The van der Waals surface area contributed by atoms with Gasteiger partial charge in [0.05, 0.1) is 5.56 Å². The van der Waals surface area contributed by atoms with E-state index in [1.165, 1.54) is 12.1 Å². The van der Waals surface area contributed by atoms with Crippen molar-refractivity contribution in [3.05, 3.63) is 62.9 Å². The van der Waals surface area contributed by atoms with Crippen LogP contribution in [-0.2, 0) is 6.42 Å². The van der Waals surface area contributed by atoms with E-state index in [2.05, 4.69) is 0 Å². The summed E-state index contributed by atoms with van der Waals surface area (Å²) in [6.07, 6.45) is 1.23. The highest BCUT2D eigenvalue weighted by atomic mass is 35.5. The first-order chi connectivity index (χ1) is 10.4. The van der Waals surface area contributed by atoms with Crippen molar-refractivity contribution in [1.82, 2.24) is 0 Å². The Morgan fingerprint density at radius 2 is 2.14 bits per heavy atom. The molecule has 1 aliphatic carbocycles. The Bertz CT molecular complexity index is 789. The molecule has 22 heavy (non-hydrogen) atoms. The van der Waals surface area contributed by atoms with E-state index >= 15 is 0 Å². The minimum Gasteiger partial charge on any atom is -0.507 e. The Kier molecular flexibility index (Phi) is 3.57. The van der Waals surface area contributed by atoms with E-state index in [9.17, 15) is 14.3 Å². The number of aromatic hydroxyl groups is 1. The van der Waals surface area contributed by atoms with Crippen LogP contribution in [-0.4, -0.2) is 11.0 Å². The van der Waals surface area contributed by atoms with Gasteiger partial charge in [0.1, 0.15) is 11.6 Å². The fraction of sp³-hybridized carbons (Fsp3) is 0.235. The van der Waals surface area contributed by atoms with Gasteiger partial charge in [-0.15, -0.1) is 0 Å². The molecule has 0 unspecified atom stereocenters. The second kappa shape index (κ2) is 5.29. The molecule has 3 nitrogen and oxygen atoms in total. The van der Waals surface area contributed by atoms with E-state index in [4.69, 9.17) is 17.3 Å². The van der Waals surface area contributed by atoms with Crippen molar-refractivity contribution >= 4 is 17.5 Å². The fourth-order valence-electron chi connectivity index (χ4n) is 3.29. The monoisotopic (exact) mass is 319 g/mol. The SMILES string of the molecule is Cc1ccc(C(N)=O)c(O)c1[C@@H]1CCc2c(F)cc(Cl)cc21. The largest absolute Gasteiger partial charge is 0.507 e. The Morgan fingerprint density at radius 3 is 2.82 bits per heavy atom. The second-order valence-corrected chi connectivity index (χ2v) is 6.04. The zero-order chi connectivity index (χ0) is 16.0. The molecule has 1 amide bonds. The van der Waals surface area contributed by atoms with E-state index in [0.29, 0.717) is 29.0 Å². The number of nitrogens with two attached hydrogens (primary N) is 1. The first-order valence-electron chi connectivity index (χ1n) is 7.00. The lowest BCUT2D eigenvalue weighted by Gasteiger charge is -2.18. The highest BCUT2D eigenvalue weighted by Crippen LogP contribution is 2.45. The molecule has 0 heterocycles. The number of benzene rings is 2. The summed E-state index contributed by atoms with van der Waals surface area (Å²) in [5.74, 6) is -1.32. The smallest absolute Gasteiger partial charge is 0.252 e. The number of carbonyl (C=O) groups excluding carboxylic acids is 1. The molecular weight excluding hydrogens is 305 g/mol. The Morgan fingerprint density at radius 1 is 1.41 bits per heavy atom. The standard InChI is InChI=1S/C17H15ClFNO2/c1-8-2-3-12(17(20)22)16(21)15(8)11-5-4-10-13(11)6-9(18)7-14(10)19/h2-3,6-7,11,21H,4-5H2,1H3,(H2,20,22)/t11-/m1/s1. The highest BCUT2D eigenvalue weighted by Gasteiger charge is 2.31. The van der Waals surface area contributed by atoms with Gasteiger partial charge in [-0.1, -0.05) is 17.7 Å². The van der Waals surface area contributed by atoms with Crippen LogP contribution in [0.5, 0.6) is 5.75 Å². The molecule has 0 saturated carbocycles. The summed E-state index contributed by atoms with van der Waals surface area (Å²) in [6.45, 7) is 1.85. The van der Waals surface area contributed by atoms with Gasteiger partial charge in [0.15, 0.2) is 0 Å². The van der Waals surface area contributed by atoms with Crippen molar-refractivity contribution in [3.8, 4) is 5.75 Å². The maximum Gasteiger partial charge on any atom is 0.252 e. The molecule has 2 aromatic rings. The van der Waals surface area contributed by atoms with Crippen molar-refractivity contribution in [2.24, 2.45) is 5.73 Å². The van der Waals surface area contributed by atoms with E-state index < -0.39 is 5.91 Å². The van der Waals surface area contributed by atoms with E-state index in [1.807, 2.05) is 6.92 Å². The van der Waals surface area contributed by atoms with Crippen LogP contribution in [0.4, 0.5) is 4.39 Å². The zero-order valence-corrected chi connectivity index (χ0v) is 12.7. The third-order valence-electron chi connectivity index (χ3n) is 4.30. The highest BCUT2D eigenvalue weighted by molar-refractivity contribution is 6.30. The third-order valence-corrected chi connectivity index (χ3v) is 4.52. The zero-order valence-electron chi connectivity index (χ0n) is 12.0. The molecule has 0 bridgehead atoms. The van der Waals surface area contributed by atoms with Gasteiger partial charge in [-0.3, -0.25) is 4.79 Å². The molecule has 0 spiro atoms. The van der Waals surface area contributed by atoms with Crippen LogP contribution in [0, 0.1) is 12.7 Å². The normalized spacial score (nSPS) is 16.6. The number of hydrogen-bond donors (Lipinski definition) is 2. The predicted molar refractivity (Wildman–Crippen MR) is 82.9 cm³/mol. The molecule has 0 saturated heterocycles. The molecule has 2 aromatic carbocycles. The maximum atomic E-state index is 14.0. The average Bonchev–Trinajstić information content (AvgIpc) is 2.82. The minimum atomic E-state index is -0.686. The first kappa shape index (κ1) is 14.9. The summed E-state index contributed by atoms with van der Waals surface area (Å²) in [5.41, 5.74) is 8.22. The van der Waals surface area contributed by atoms with Crippen LogP contribution in [0.2, 0.25) is 5.02 Å². The fourth-order valence-corrected chi connectivity index (χ4v) is 3.50. The summed E-state index contributed by atoms with van der Waals surface area (Å²) < 4.78 is 14.0.